The molecular formula is C21H23N3O2. The number of aryl methyl sites for hydroxylation is 1. The summed E-state index contributed by atoms with van der Waals surface area (Å²) in [5.74, 6) is 0.917. The molecule has 134 valence electrons. The Morgan fingerprint density at radius 2 is 1.96 bits per heavy atom. The molecule has 0 saturated carbocycles. The summed E-state index contributed by atoms with van der Waals surface area (Å²) in [7, 11) is 0. The molecule has 0 spiro atoms. The van der Waals surface area contributed by atoms with E-state index in [4.69, 9.17) is 9.72 Å². The third-order valence-electron chi connectivity index (χ3n) is 4.92. The van der Waals surface area contributed by atoms with Crippen LogP contribution in [0.25, 0.3) is 11.0 Å². The van der Waals surface area contributed by atoms with Crippen LogP contribution in [0, 0.1) is 6.92 Å². The van der Waals surface area contributed by atoms with Gasteiger partial charge in [-0.25, -0.2) is 4.98 Å². The van der Waals surface area contributed by atoms with Crippen LogP contribution in [0.1, 0.15) is 23.1 Å². The van der Waals surface area contributed by atoms with Gasteiger partial charge >= 0.3 is 0 Å². The molecular weight excluding hydrogens is 326 g/mol. The summed E-state index contributed by atoms with van der Waals surface area (Å²) < 4.78 is 7.55. The van der Waals surface area contributed by atoms with Gasteiger partial charge in [-0.1, -0.05) is 42.0 Å². The topological polar surface area (TPSA) is 47.4 Å². The lowest BCUT2D eigenvalue weighted by Crippen LogP contribution is -2.42. The number of fused-ring (bicyclic) bond motifs is 1. The van der Waals surface area contributed by atoms with E-state index in [1.54, 1.807) is 0 Å². The van der Waals surface area contributed by atoms with Gasteiger partial charge in [0.05, 0.1) is 24.2 Å². The second kappa shape index (κ2) is 7.40. The van der Waals surface area contributed by atoms with Crippen molar-refractivity contribution >= 4 is 17.3 Å². The summed E-state index contributed by atoms with van der Waals surface area (Å²) in [6.45, 7) is 4.91. The number of morpholine rings is 1. The third-order valence-corrected chi connectivity index (χ3v) is 4.92. The van der Waals surface area contributed by atoms with Crippen LogP contribution in [-0.4, -0.2) is 47.0 Å². The number of aldehydes is 1. The first-order valence-corrected chi connectivity index (χ1v) is 9.05. The van der Waals surface area contributed by atoms with E-state index < -0.39 is 0 Å². The van der Waals surface area contributed by atoms with E-state index >= 15 is 0 Å². The Balaban J connectivity index is 1.79. The number of hydrogen-bond acceptors (Lipinski definition) is 4. The number of ether oxygens (including phenoxy) is 1. The average Bonchev–Trinajstić information content (AvgIpc) is 3.01. The minimum Gasteiger partial charge on any atom is -0.379 e. The summed E-state index contributed by atoms with van der Waals surface area (Å²) in [6.07, 6.45) is 1.37. The van der Waals surface area contributed by atoms with Gasteiger partial charge in [0.25, 0.3) is 0 Å². The summed E-state index contributed by atoms with van der Waals surface area (Å²) in [6, 6.07) is 16.5. The fourth-order valence-electron chi connectivity index (χ4n) is 3.67. The summed E-state index contributed by atoms with van der Waals surface area (Å²) in [4.78, 5) is 19.1. The minimum absolute atomic E-state index is 0.355. The fourth-order valence-corrected chi connectivity index (χ4v) is 3.67. The van der Waals surface area contributed by atoms with Crippen molar-refractivity contribution in [3.8, 4) is 0 Å². The van der Waals surface area contributed by atoms with Crippen LogP contribution in [0.3, 0.4) is 0 Å². The molecule has 5 heteroatoms. The van der Waals surface area contributed by atoms with Crippen molar-refractivity contribution in [1.82, 2.24) is 14.5 Å². The van der Waals surface area contributed by atoms with Gasteiger partial charge in [-0.05, 0) is 24.6 Å². The Labute approximate surface area is 153 Å². The smallest absolute Gasteiger partial charge is 0.157 e. The maximum atomic E-state index is 12.1. The van der Waals surface area contributed by atoms with E-state index in [9.17, 15) is 4.79 Å². The van der Waals surface area contributed by atoms with Crippen LogP contribution in [0.4, 0.5) is 0 Å². The maximum Gasteiger partial charge on any atom is 0.157 e. The van der Waals surface area contributed by atoms with E-state index in [1.165, 1.54) is 11.1 Å². The number of imidazole rings is 1. The molecule has 5 nitrogen and oxygen atoms in total. The number of rotatable bonds is 5. The van der Waals surface area contributed by atoms with Gasteiger partial charge in [-0.2, -0.15) is 0 Å². The number of carbonyl (C=O) groups is 1. The highest BCUT2D eigenvalue weighted by atomic mass is 16.5. The van der Waals surface area contributed by atoms with Gasteiger partial charge in [-0.15, -0.1) is 0 Å². The quantitative estimate of drug-likeness (QED) is 0.665. The van der Waals surface area contributed by atoms with Gasteiger partial charge < -0.3 is 9.30 Å². The van der Waals surface area contributed by atoms with Gasteiger partial charge in [0.1, 0.15) is 12.0 Å². The molecule has 0 aliphatic carbocycles. The largest absolute Gasteiger partial charge is 0.379 e. The van der Waals surface area contributed by atoms with Crippen molar-refractivity contribution in [2.75, 3.05) is 26.3 Å². The Bertz CT molecular complexity index is 913. The van der Waals surface area contributed by atoms with E-state index in [-0.39, 0.29) is 6.17 Å². The molecule has 0 amide bonds. The molecule has 1 saturated heterocycles. The number of carbonyl (C=O) groups excluding carboxylic acids is 1. The van der Waals surface area contributed by atoms with Crippen LogP contribution < -0.4 is 0 Å². The summed E-state index contributed by atoms with van der Waals surface area (Å²) in [5.41, 5.74) is 4.35. The lowest BCUT2D eigenvalue weighted by Gasteiger charge is -2.33. The molecule has 0 radical (unpaired) electrons. The van der Waals surface area contributed by atoms with E-state index in [1.807, 2.05) is 24.3 Å². The first-order valence-electron chi connectivity index (χ1n) is 9.05. The first-order chi connectivity index (χ1) is 12.8. The molecule has 0 N–H and O–H groups in total. The van der Waals surface area contributed by atoms with Crippen molar-refractivity contribution < 1.29 is 9.53 Å². The van der Waals surface area contributed by atoms with Crippen LogP contribution in [0.5, 0.6) is 0 Å². The predicted molar refractivity (Wildman–Crippen MR) is 101 cm³/mol. The normalized spacial score (nSPS) is 16.7. The van der Waals surface area contributed by atoms with E-state index in [0.29, 0.717) is 19.6 Å². The Morgan fingerprint density at radius 1 is 1.15 bits per heavy atom. The van der Waals surface area contributed by atoms with Crippen molar-refractivity contribution in [2.24, 2.45) is 0 Å². The number of aromatic nitrogens is 2. The maximum absolute atomic E-state index is 12.1. The second-order valence-corrected chi connectivity index (χ2v) is 6.75. The predicted octanol–water partition coefficient (Wildman–Crippen LogP) is 2.97. The second-order valence-electron chi connectivity index (χ2n) is 6.75. The number of nitrogens with zero attached hydrogens (tertiary/aromatic N) is 3. The number of benzene rings is 2. The molecule has 4 rings (SSSR count). The molecule has 2 aromatic carbocycles. The molecule has 1 unspecified atom stereocenters. The van der Waals surface area contributed by atoms with Crippen molar-refractivity contribution in [3.63, 3.8) is 0 Å². The third kappa shape index (κ3) is 3.28. The zero-order valence-electron chi connectivity index (χ0n) is 15.0. The highest BCUT2D eigenvalue weighted by Gasteiger charge is 2.26. The molecule has 1 atom stereocenters. The summed E-state index contributed by atoms with van der Waals surface area (Å²) in [5, 5.41) is 0. The van der Waals surface area contributed by atoms with Crippen LogP contribution >= 0.6 is 0 Å². The zero-order chi connectivity index (χ0) is 17.9. The highest BCUT2D eigenvalue weighted by Crippen LogP contribution is 2.25. The molecule has 1 aliphatic rings. The Hall–Kier alpha value is -2.50. The number of para-hydroxylation sites is 2. The van der Waals surface area contributed by atoms with Crippen molar-refractivity contribution in [2.45, 2.75) is 19.5 Å². The monoisotopic (exact) mass is 349 g/mol. The SMILES string of the molecule is Cc1cccc(Cc2nc3ccccc3n2C(C=O)N2CCOCC2)c1. The van der Waals surface area contributed by atoms with Gasteiger partial charge in [0.15, 0.2) is 6.29 Å². The Kier molecular flexibility index (Phi) is 4.82. The first kappa shape index (κ1) is 16.9. The fraction of sp³-hybridized carbons (Fsp3) is 0.333. The lowest BCUT2D eigenvalue weighted by molar-refractivity contribution is -0.117. The van der Waals surface area contributed by atoms with Crippen molar-refractivity contribution in [1.29, 1.82) is 0 Å². The molecule has 26 heavy (non-hydrogen) atoms. The Morgan fingerprint density at radius 3 is 2.73 bits per heavy atom. The lowest BCUT2D eigenvalue weighted by atomic mass is 10.1. The highest BCUT2D eigenvalue weighted by molar-refractivity contribution is 5.77. The molecule has 1 fully saturated rings. The van der Waals surface area contributed by atoms with E-state index in [0.717, 1.165) is 36.2 Å². The van der Waals surface area contributed by atoms with Gasteiger partial charge in [-0.3, -0.25) is 9.69 Å². The molecule has 1 aliphatic heterocycles. The minimum atomic E-state index is -0.355. The average molecular weight is 349 g/mol. The van der Waals surface area contributed by atoms with Crippen LogP contribution in [0.15, 0.2) is 48.5 Å². The molecule has 2 heterocycles. The van der Waals surface area contributed by atoms with Crippen molar-refractivity contribution in [3.05, 3.63) is 65.5 Å². The molecule has 3 aromatic rings. The van der Waals surface area contributed by atoms with Crippen LogP contribution in [-0.2, 0) is 16.0 Å². The number of hydrogen-bond donors (Lipinski definition) is 0. The standard InChI is InChI=1S/C21H23N3O2/c1-16-5-4-6-17(13-16)14-20-22-18-7-2-3-8-19(18)24(20)21(15-25)23-9-11-26-12-10-23/h2-8,13,15,21H,9-12,14H2,1H3. The summed E-state index contributed by atoms with van der Waals surface area (Å²) >= 11 is 0. The van der Waals surface area contributed by atoms with E-state index in [2.05, 4.69) is 40.7 Å². The molecule has 0 bridgehead atoms. The zero-order valence-corrected chi connectivity index (χ0v) is 15.0. The van der Waals surface area contributed by atoms with Crippen LogP contribution in [0.2, 0.25) is 0 Å². The van der Waals surface area contributed by atoms with Gasteiger partial charge in [0.2, 0.25) is 0 Å². The van der Waals surface area contributed by atoms with Gasteiger partial charge in [0, 0.05) is 19.5 Å². The molecule has 1 aromatic heterocycles.